The molecule has 2 heterocycles. The number of carbonyl (C=O) groups is 1. The van der Waals surface area contributed by atoms with Gasteiger partial charge in [-0.25, -0.2) is 0 Å². The fourth-order valence-electron chi connectivity index (χ4n) is 2.60. The number of hydrogen-bond donors (Lipinski definition) is 1. The van der Waals surface area contributed by atoms with Gasteiger partial charge < -0.3 is 10.6 Å². The molecule has 3 rings (SSSR count). The van der Waals surface area contributed by atoms with E-state index in [0.29, 0.717) is 19.5 Å². The Kier molecular flexibility index (Phi) is 2.56. The summed E-state index contributed by atoms with van der Waals surface area (Å²) in [5.74, 6) is 0.417. The van der Waals surface area contributed by atoms with Gasteiger partial charge in [0.2, 0.25) is 5.91 Å². The highest BCUT2D eigenvalue weighted by Crippen LogP contribution is 2.30. The van der Waals surface area contributed by atoms with Crippen molar-refractivity contribution in [1.29, 1.82) is 0 Å². The topological polar surface area (TPSA) is 64.2 Å². The Balaban J connectivity index is 2.09. The maximum atomic E-state index is 12.1. The molecule has 0 radical (unpaired) electrons. The van der Waals surface area contributed by atoms with Crippen molar-refractivity contribution in [3.8, 4) is 0 Å². The van der Waals surface area contributed by atoms with Crippen LogP contribution in [0.4, 0.5) is 5.69 Å². The van der Waals surface area contributed by atoms with Crippen molar-refractivity contribution in [1.82, 2.24) is 9.78 Å². The second-order valence-corrected chi connectivity index (χ2v) is 4.79. The van der Waals surface area contributed by atoms with Crippen LogP contribution in [-0.4, -0.2) is 28.8 Å². The molecule has 1 atom stereocenters. The minimum Gasteiger partial charge on any atom is -0.330 e. The maximum absolute atomic E-state index is 12.1. The van der Waals surface area contributed by atoms with Crippen LogP contribution in [0.3, 0.4) is 0 Å². The molecule has 5 nitrogen and oxygen atoms in total. The van der Waals surface area contributed by atoms with Crippen LogP contribution in [0.2, 0.25) is 0 Å². The Bertz CT molecular complexity index is 604. The van der Waals surface area contributed by atoms with Gasteiger partial charge in [-0.1, -0.05) is 12.1 Å². The van der Waals surface area contributed by atoms with Crippen LogP contribution in [0.1, 0.15) is 6.42 Å². The monoisotopic (exact) mass is 244 g/mol. The van der Waals surface area contributed by atoms with Crippen LogP contribution in [0.25, 0.3) is 10.9 Å². The van der Waals surface area contributed by atoms with E-state index in [2.05, 4.69) is 5.10 Å². The summed E-state index contributed by atoms with van der Waals surface area (Å²) in [6, 6.07) is 5.94. The molecule has 1 saturated heterocycles. The molecule has 1 amide bonds. The predicted octanol–water partition coefficient (Wildman–Crippen LogP) is 0.885. The first-order valence-electron chi connectivity index (χ1n) is 6.12. The third-order valence-corrected chi connectivity index (χ3v) is 3.57. The number of carbonyl (C=O) groups excluding carboxylic acids is 1. The molecule has 2 N–H and O–H groups in total. The lowest BCUT2D eigenvalue weighted by molar-refractivity contribution is -0.117. The summed E-state index contributed by atoms with van der Waals surface area (Å²) in [5, 5.41) is 5.30. The molecule has 0 saturated carbocycles. The molecule has 18 heavy (non-hydrogen) atoms. The standard InChI is InChI=1S/C13H16N4O/c1-16-13-10(7-15-16)3-2-4-11(13)17-8-9(6-14)5-12(17)18/h2-4,7,9H,5-6,8,14H2,1H3. The number of anilines is 1. The van der Waals surface area contributed by atoms with E-state index in [0.717, 1.165) is 16.6 Å². The average Bonchev–Trinajstić information content (AvgIpc) is 2.93. The van der Waals surface area contributed by atoms with Crippen LogP contribution in [-0.2, 0) is 11.8 Å². The van der Waals surface area contributed by atoms with E-state index < -0.39 is 0 Å². The average molecular weight is 244 g/mol. The maximum Gasteiger partial charge on any atom is 0.227 e. The van der Waals surface area contributed by atoms with Crippen molar-refractivity contribution in [2.75, 3.05) is 18.0 Å². The van der Waals surface area contributed by atoms with Gasteiger partial charge in [0, 0.05) is 25.4 Å². The number of nitrogens with two attached hydrogens (primary N) is 1. The summed E-state index contributed by atoms with van der Waals surface area (Å²) >= 11 is 0. The summed E-state index contributed by atoms with van der Waals surface area (Å²) in [7, 11) is 1.90. The molecule has 0 aliphatic carbocycles. The highest BCUT2D eigenvalue weighted by Gasteiger charge is 2.30. The summed E-state index contributed by atoms with van der Waals surface area (Å²) in [6.45, 7) is 1.27. The van der Waals surface area contributed by atoms with E-state index in [1.165, 1.54) is 0 Å². The van der Waals surface area contributed by atoms with Gasteiger partial charge >= 0.3 is 0 Å². The smallest absolute Gasteiger partial charge is 0.227 e. The number of nitrogens with zero attached hydrogens (tertiary/aromatic N) is 3. The number of aryl methyl sites for hydroxylation is 1. The quantitative estimate of drug-likeness (QED) is 0.853. The molecule has 5 heteroatoms. The Hall–Kier alpha value is -1.88. The molecular formula is C13H16N4O. The molecule has 1 unspecified atom stereocenters. The van der Waals surface area contributed by atoms with Gasteiger partial charge in [-0.2, -0.15) is 5.10 Å². The van der Waals surface area contributed by atoms with Crippen molar-refractivity contribution < 1.29 is 4.79 Å². The number of benzene rings is 1. The number of amides is 1. The second-order valence-electron chi connectivity index (χ2n) is 4.79. The first kappa shape index (κ1) is 11.2. The first-order valence-corrected chi connectivity index (χ1v) is 6.12. The van der Waals surface area contributed by atoms with Crippen molar-refractivity contribution >= 4 is 22.5 Å². The van der Waals surface area contributed by atoms with E-state index in [1.807, 2.05) is 41.0 Å². The lowest BCUT2D eigenvalue weighted by atomic mass is 10.1. The summed E-state index contributed by atoms with van der Waals surface area (Å²) in [6.07, 6.45) is 2.37. The molecule has 1 fully saturated rings. The Morgan fingerprint density at radius 2 is 2.33 bits per heavy atom. The highest BCUT2D eigenvalue weighted by atomic mass is 16.2. The van der Waals surface area contributed by atoms with Gasteiger partial charge in [0.15, 0.2) is 0 Å². The first-order chi connectivity index (χ1) is 8.70. The lowest BCUT2D eigenvalue weighted by Crippen LogP contribution is -2.26. The van der Waals surface area contributed by atoms with Gasteiger partial charge in [0.25, 0.3) is 0 Å². The molecule has 2 aromatic rings. The number of aromatic nitrogens is 2. The Morgan fingerprint density at radius 1 is 1.50 bits per heavy atom. The Labute approximate surface area is 105 Å². The van der Waals surface area contributed by atoms with E-state index in [1.54, 1.807) is 0 Å². The third-order valence-electron chi connectivity index (χ3n) is 3.57. The molecule has 1 aliphatic rings. The lowest BCUT2D eigenvalue weighted by Gasteiger charge is -2.18. The molecule has 1 aromatic carbocycles. The van der Waals surface area contributed by atoms with E-state index in [-0.39, 0.29) is 11.8 Å². The summed E-state index contributed by atoms with van der Waals surface area (Å²) < 4.78 is 1.81. The van der Waals surface area contributed by atoms with Gasteiger partial charge in [-0.3, -0.25) is 9.48 Å². The second kappa shape index (κ2) is 4.10. The van der Waals surface area contributed by atoms with Crippen molar-refractivity contribution in [2.45, 2.75) is 6.42 Å². The minimum atomic E-state index is 0.152. The molecule has 1 aliphatic heterocycles. The van der Waals surface area contributed by atoms with Gasteiger partial charge in [0.1, 0.15) is 0 Å². The molecule has 0 bridgehead atoms. The van der Waals surface area contributed by atoms with Crippen LogP contribution in [0.5, 0.6) is 0 Å². The van der Waals surface area contributed by atoms with Crippen LogP contribution >= 0.6 is 0 Å². The largest absolute Gasteiger partial charge is 0.330 e. The number of rotatable bonds is 2. The van der Waals surface area contributed by atoms with Gasteiger partial charge in [-0.15, -0.1) is 0 Å². The highest BCUT2D eigenvalue weighted by molar-refractivity contribution is 6.03. The van der Waals surface area contributed by atoms with Crippen LogP contribution in [0.15, 0.2) is 24.4 Å². The Morgan fingerprint density at radius 3 is 3.06 bits per heavy atom. The van der Waals surface area contributed by atoms with E-state index in [4.69, 9.17) is 5.73 Å². The molecular weight excluding hydrogens is 228 g/mol. The fourth-order valence-corrected chi connectivity index (χ4v) is 2.60. The third kappa shape index (κ3) is 1.59. The number of hydrogen-bond acceptors (Lipinski definition) is 3. The summed E-state index contributed by atoms with van der Waals surface area (Å²) in [4.78, 5) is 13.9. The normalized spacial score (nSPS) is 20.0. The molecule has 0 spiro atoms. The van der Waals surface area contributed by atoms with E-state index in [9.17, 15) is 4.79 Å². The van der Waals surface area contributed by atoms with Crippen molar-refractivity contribution in [3.05, 3.63) is 24.4 Å². The van der Waals surface area contributed by atoms with Gasteiger partial charge in [0.05, 0.1) is 17.4 Å². The van der Waals surface area contributed by atoms with E-state index >= 15 is 0 Å². The van der Waals surface area contributed by atoms with Crippen LogP contribution < -0.4 is 10.6 Å². The zero-order chi connectivity index (χ0) is 12.7. The van der Waals surface area contributed by atoms with Crippen molar-refractivity contribution in [2.24, 2.45) is 18.7 Å². The zero-order valence-corrected chi connectivity index (χ0v) is 10.3. The minimum absolute atomic E-state index is 0.152. The fraction of sp³-hybridized carbons (Fsp3) is 0.385. The number of para-hydroxylation sites is 1. The predicted molar refractivity (Wildman–Crippen MR) is 70.2 cm³/mol. The summed E-state index contributed by atoms with van der Waals surface area (Å²) in [5.41, 5.74) is 7.60. The van der Waals surface area contributed by atoms with Gasteiger partial charge in [-0.05, 0) is 18.5 Å². The molecule has 1 aromatic heterocycles. The van der Waals surface area contributed by atoms with Crippen LogP contribution in [0, 0.1) is 5.92 Å². The van der Waals surface area contributed by atoms with Crippen molar-refractivity contribution in [3.63, 3.8) is 0 Å². The SMILES string of the molecule is Cn1ncc2cccc(N3CC(CN)CC3=O)c21. The molecule has 94 valence electrons. The number of fused-ring (bicyclic) bond motifs is 1. The zero-order valence-electron chi connectivity index (χ0n) is 10.3.